The van der Waals surface area contributed by atoms with E-state index in [0.29, 0.717) is 55.5 Å². The molecule has 1 saturated heterocycles. The number of benzene rings is 1. The van der Waals surface area contributed by atoms with Gasteiger partial charge in [0.15, 0.2) is 0 Å². The molecule has 0 aliphatic carbocycles. The third kappa shape index (κ3) is 5.30. The number of hydrogen-bond acceptors (Lipinski definition) is 6. The van der Waals surface area contributed by atoms with Crippen molar-refractivity contribution in [2.24, 2.45) is 5.92 Å². The van der Waals surface area contributed by atoms with Crippen LogP contribution in [0.1, 0.15) is 53.7 Å². The lowest BCUT2D eigenvalue weighted by Gasteiger charge is -2.31. The molecule has 2 aromatic rings. The number of aromatic nitrogens is 1. The minimum Gasteiger partial charge on any atom is -0.497 e. The van der Waals surface area contributed by atoms with E-state index in [1.54, 1.807) is 48.7 Å². The second-order valence-electron chi connectivity index (χ2n) is 7.72. The van der Waals surface area contributed by atoms with Gasteiger partial charge in [-0.3, -0.25) is 9.59 Å². The standard InChI is InChI=1S/C22H29N3O4S/c1-14(2)21-24-17(13-30-21)12-23-20(26)15-5-7-25(8-6-15)22(27)16-9-18(28-3)11-19(10-16)29-4/h9-11,13-15H,5-8,12H2,1-4H3,(H,23,26). The molecule has 0 spiro atoms. The van der Waals surface area contributed by atoms with E-state index in [-0.39, 0.29) is 17.7 Å². The van der Waals surface area contributed by atoms with E-state index >= 15 is 0 Å². The van der Waals surface area contributed by atoms with Gasteiger partial charge in [0.1, 0.15) is 11.5 Å². The summed E-state index contributed by atoms with van der Waals surface area (Å²) in [7, 11) is 3.12. The number of thiazole rings is 1. The van der Waals surface area contributed by atoms with Crippen molar-refractivity contribution < 1.29 is 19.1 Å². The van der Waals surface area contributed by atoms with E-state index in [4.69, 9.17) is 9.47 Å². The topological polar surface area (TPSA) is 80.8 Å². The summed E-state index contributed by atoms with van der Waals surface area (Å²) >= 11 is 1.63. The van der Waals surface area contributed by atoms with Crippen LogP contribution >= 0.6 is 11.3 Å². The molecule has 1 aromatic carbocycles. The highest BCUT2D eigenvalue weighted by molar-refractivity contribution is 7.09. The van der Waals surface area contributed by atoms with Crippen molar-refractivity contribution in [2.75, 3.05) is 27.3 Å². The molecule has 2 heterocycles. The Morgan fingerprint density at radius 3 is 2.33 bits per heavy atom. The fraction of sp³-hybridized carbons (Fsp3) is 0.500. The summed E-state index contributed by atoms with van der Waals surface area (Å²) in [5, 5.41) is 6.08. The molecule has 162 valence electrons. The maximum atomic E-state index is 12.9. The normalized spacial score (nSPS) is 14.6. The van der Waals surface area contributed by atoms with Crippen molar-refractivity contribution in [3.05, 3.63) is 39.8 Å². The van der Waals surface area contributed by atoms with Crippen molar-refractivity contribution in [3.8, 4) is 11.5 Å². The van der Waals surface area contributed by atoms with Crippen LogP contribution in [-0.4, -0.2) is 49.0 Å². The number of carbonyl (C=O) groups is 2. The van der Waals surface area contributed by atoms with Crippen LogP contribution in [0.15, 0.2) is 23.6 Å². The molecule has 1 aliphatic rings. The summed E-state index contributed by atoms with van der Waals surface area (Å²) < 4.78 is 10.5. The highest BCUT2D eigenvalue weighted by Gasteiger charge is 2.28. The Morgan fingerprint density at radius 2 is 1.80 bits per heavy atom. The van der Waals surface area contributed by atoms with E-state index in [0.717, 1.165) is 10.7 Å². The van der Waals surface area contributed by atoms with Gasteiger partial charge in [-0.2, -0.15) is 0 Å². The summed E-state index contributed by atoms with van der Waals surface area (Å²) in [4.78, 5) is 31.8. The Morgan fingerprint density at radius 1 is 1.17 bits per heavy atom. The van der Waals surface area contributed by atoms with Crippen LogP contribution in [0.3, 0.4) is 0 Å². The Labute approximate surface area is 181 Å². The Kier molecular flexibility index (Phi) is 7.31. The highest BCUT2D eigenvalue weighted by Crippen LogP contribution is 2.25. The Hall–Kier alpha value is -2.61. The second kappa shape index (κ2) is 9.93. The summed E-state index contributed by atoms with van der Waals surface area (Å²) in [5.74, 6) is 1.42. The quantitative estimate of drug-likeness (QED) is 0.726. The molecule has 1 N–H and O–H groups in total. The van der Waals surface area contributed by atoms with Crippen LogP contribution in [0.5, 0.6) is 11.5 Å². The third-order valence-corrected chi connectivity index (χ3v) is 6.45. The molecule has 8 heteroatoms. The zero-order valence-corrected chi connectivity index (χ0v) is 18.8. The molecule has 0 saturated carbocycles. The number of nitrogens with zero attached hydrogens (tertiary/aromatic N) is 2. The van der Waals surface area contributed by atoms with Gasteiger partial charge in [-0.15, -0.1) is 11.3 Å². The number of hydrogen-bond donors (Lipinski definition) is 1. The highest BCUT2D eigenvalue weighted by atomic mass is 32.1. The summed E-state index contributed by atoms with van der Waals surface area (Å²) in [6.45, 7) is 5.76. The maximum absolute atomic E-state index is 12.9. The Balaban J connectivity index is 1.52. The molecule has 0 unspecified atom stereocenters. The van der Waals surface area contributed by atoms with Crippen LogP contribution in [0.25, 0.3) is 0 Å². The van der Waals surface area contributed by atoms with Crippen molar-refractivity contribution in [1.82, 2.24) is 15.2 Å². The van der Waals surface area contributed by atoms with E-state index in [1.165, 1.54) is 0 Å². The van der Waals surface area contributed by atoms with Crippen molar-refractivity contribution in [1.29, 1.82) is 0 Å². The molecule has 7 nitrogen and oxygen atoms in total. The first-order valence-corrected chi connectivity index (χ1v) is 11.0. The maximum Gasteiger partial charge on any atom is 0.254 e. The minimum atomic E-state index is -0.0860. The smallest absolute Gasteiger partial charge is 0.254 e. The van der Waals surface area contributed by atoms with Gasteiger partial charge in [0.25, 0.3) is 5.91 Å². The molecule has 30 heavy (non-hydrogen) atoms. The van der Waals surface area contributed by atoms with Gasteiger partial charge < -0.3 is 19.7 Å². The molecule has 2 amide bonds. The van der Waals surface area contributed by atoms with Crippen LogP contribution in [0, 0.1) is 5.92 Å². The second-order valence-corrected chi connectivity index (χ2v) is 8.61. The van der Waals surface area contributed by atoms with E-state index in [1.807, 2.05) is 5.38 Å². The van der Waals surface area contributed by atoms with Gasteiger partial charge in [-0.05, 0) is 25.0 Å². The van der Waals surface area contributed by atoms with Crippen molar-refractivity contribution >= 4 is 23.2 Å². The van der Waals surface area contributed by atoms with Gasteiger partial charge in [0.05, 0.1) is 31.5 Å². The number of nitrogens with one attached hydrogen (secondary N) is 1. The third-order valence-electron chi connectivity index (χ3n) is 5.26. The molecular formula is C22H29N3O4S. The first-order valence-electron chi connectivity index (χ1n) is 10.2. The predicted octanol–water partition coefficient (Wildman–Crippen LogP) is 3.45. The van der Waals surface area contributed by atoms with Gasteiger partial charge in [0, 0.05) is 41.9 Å². The fourth-order valence-electron chi connectivity index (χ4n) is 3.45. The number of rotatable bonds is 7. The Bertz CT molecular complexity index is 866. The van der Waals surface area contributed by atoms with Crippen LogP contribution < -0.4 is 14.8 Å². The van der Waals surface area contributed by atoms with Gasteiger partial charge in [0.2, 0.25) is 5.91 Å². The largest absolute Gasteiger partial charge is 0.497 e. The first-order chi connectivity index (χ1) is 14.4. The van der Waals surface area contributed by atoms with E-state index < -0.39 is 0 Å². The molecule has 0 bridgehead atoms. The zero-order chi connectivity index (χ0) is 21.7. The number of methoxy groups -OCH3 is 2. The number of likely N-dealkylation sites (tertiary alicyclic amines) is 1. The number of piperidine rings is 1. The van der Waals surface area contributed by atoms with Crippen molar-refractivity contribution in [3.63, 3.8) is 0 Å². The summed E-state index contributed by atoms with van der Waals surface area (Å²) in [6.07, 6.45) is 1.29. The molecule has 0 radical (unpaired) electrons. The number of ether oxygens (including phenoxy) is 2. The molecule has 1 fully saturated rings. The molecule has 1 aliphatic heterocycles. The molecule has 1 aromatic heterocycles. The minimum absolute atomic E-state index is 0.0317. The van der Waals surface area contributed by atoms with Gasteiger partial charge in [-0.25, -0.2) is 4.98 Å². The van der Waals surface area contributed by atoms with Crippen molar-refractivity contribution in [2.45, 2.75) is 39.2 Å². The number of carbonyl (C=O) groups excluding carboxylic acids is 2. The van der Waals surface area contributed by atoms with Crippen LogP contribution in [0.4, 0.5) is 0 Å². The fourth-order valence-corrected chi connectivity index (χ4v) is 4.28. The lowest BCUT2D eigenvalue weighted by Crippen LogP contribution is -2.43. The van der Waals surface area contributed by atoms with Crippen LogP contribution in [0.2, 0.25) is 0 Å². The summed E-state index contributed by atoms with van der Waals surface area (Å²) in [6, 6.07) is 5.16. The van der Waals surface area contributed by atoms with Gasteiger partial charge in [-0.1, -0.05) is 13.8 Å². The SMILES string of the molecule is COc1cc(OC)cc(C(=O)N2CCC(C(=O)NCc3csc(C(C)C)n3)CC2)c1. The van der Waals surface area contributed by atoms with E-state index in [9.17, 15) is 9.59 Å². The average Bonchev–Trinajstić information content (AvgIpc) is 3.26. The zero-order valence-electron chi connectivity index (χ0n) is 17.9. The van der Waals surface area contributed by atoms with Crippen LogP contribution in [-0.2, 0) is 11.3 Å². The molecule has 0 atom stereocenters. The lowest BCUT2D eigenvalue weighted by atomic mass is 9.95. The van der Waals surface area contributed by atoms with E-state index in [2.05, 4.69) is 24.1 Å². The summed E-state index contributed by atoms with van der Waals surface area (Å²) in [5.41, 5.74) is 1.43. The first kappa shape index (κ1) is 22.1. The average molecular weight is 432 g/mol. The number of amides is 2. The van der Waals surface area contributed by atoms with Gasteiger partial charge >= 0.3 is 0 Å². The molecule has 3 rings (SSSR count). The lowest BCUT2D eigenvalue weighted by molar-refractivity contribution is -0.126. The molecular weight excluding hydrogens is 402 g/mol. The monoisotopic (exact) mass is 431 g/mol. The predicted molar refractivity (Wildman–Crippen MR) is 116 cm³/mol.